The van der Waals surface area contributed by atoms with Crippen LogP contribution in [0.1, 0.15) is 18.0 Å². The maximum atomic E-state index is 12.9. The second-order valence-electron chi connectivity index (χ2n) is 6.87. The summed E-state index contributed by atoms with van der Waals surface area (Å²) in [5, 5.41) is 11.7. The lowest BCUT2D eigenvalue weighted by Crippen LogP contribution is -2.56. The van der Waals surface area contributed by atoms with Gasteiger partial charge in [0.1, 0.15) is 6.61 Å². The van der Waals surface area contributed by atoms with Gasteiger partial charge in [0.15, 0.2) is 0 Å². The fraction of sp³-hybridized carbons (Fsp3) is 0.526. The van der Waals surface area contributed by atoms with E-state index in [0.29, 0.717) is 13.0 Å². The number of fused-ring (bicyclic) bond motifs is 1. The Morgan fingerprint density at radius 2 is 2.04 bits per heavy atom. The molecule has 3 amide bonds. The zero-order valence-electron chi connectivity index (χ0n) is 15.3. The maximum Gasteiger partial charge on any atom is 0.249 e. The van der Waals surface area contributed by atoms with Crippen LogP contribution < -0.4 is 5.32 Å². The number of benzene rings is 1. The van der Waals surface area contributed by atoms with Gasteiger partial charge in [-0.05, 0) is 12.0 Å². The van der Waals surface area contributed by atoms with Gasteiger partial charge in [-0.25, -0.2) is 0 Å². The number of aliphatic hydroxyl groups is 1. The molecule has 2 heterocycles. The Morgan fingerprint density at radius 3 is 2.70 bits per heavy atom. The van der Waals surface area contributed by atoms with Crippen molar-refractivity contribution in [3.8, 4) is 0 Å². The number of rotatable bonds is 6. The first-order valence-corrected chi connectivity index (χ1v) is 9.08. The minimum atomic E-state index is -0.426. The van der Waals surface area contributed by atoms with Crippen molar-refractivity contribution < 1.29 is 24.2 Å². The van der Waals surface area contributed by atoms with Crippen molar-refractivity contribution in [2.45, 2.75) is 18.5 Å². The number of hydrogen-bond acceptors (Lipinski definition) is 5. The van der Waals surface area contributed by atoms with Crippen molar-refractivity contribution in [1.82, 2.24) is 15.1 Å². The van der Waals surface area contributed by atoms with Crippen LogP contribution in [0.4, 0.5) is 0 Å². The van der Waals surface area contributed by atoms with Crippen molar-refractivity contribution >= 4 is 17.7 Å². The molecule has 2 aliphatic heterocycles. The Hall–Kier alpha value is -2.45. The van der Waals surface area contributed by atoms with Crippen LogP contribution in [-0.2, 0) is 19.1 Å². The van der Waals surface area contributed by atoms with E-state index in [1.807, 2.05) is 30.3 Å². The normalized spacial score (nSPS) is 24.7. The quantitative estimate of drug-likeness (QED) is 0.701. The van der Waals surface area contributed by atoms with Gasteiger partial charge in [-0.2, -0.15) is 0 Å². The highest BCUT2D eigenvalue weighted by molar-refractivity contribution is 5.89. The van der Waals surface area contributed by atoms with Crippen LogP contribution in [0.3, 0.4) is 0 Å². The largest absolute Gasteiger partial charge is 0.395 e. The number of methoxy groups -OCH3 is 1. The summed E-state index contributed by atoms with van der Waals surface area (Å²) in [6.45, 7) is 0.352. The van der Waals surface area contributed by atoms with Gasteiger partial charge < -0.3 is 25.0 Å². The summed E-state index contributed by atoms with van der Waals surface area (Å²) in [5.74, 6) is -1.00. The van der Waals surface area contributed by atoms with Gasteiger partial charge >= 0.3 is 0 Å². The van der Waals surface area contributed by atoms with Gasteiger partial charge in [0.05, 0.1) is 31.2 Å². The van der Waals surface area contributed by atoms with E-state index in [-0.39, 0.29) is 56.1 Å². The number of hydrogen-bond donors (Lipinski definition) is 2. The third-order valence-electron chi connectivity index (χ3n) is 5.15. The highest BCUT2D eigenvalue weighted by Gasteiger charge is 2.50. The van der Waals surface area contributed by atoms with E-state index in [0.717, 1.165) is 5.56 Å². The summed E-state index contributed by atoms with van der Waals surface area (Å²) in [7, 11) is 1.44. The third-order valence-corrected chi connectivity index (χ3v) is 5.15. The van der Waals surface area contributed by atoms with Crippen LogP contribution in [0.15, 0.2) is 30.3 Å². The molecule has 8 nitrogen and oxygen atoms in total. The van der Waals surface area contributed by atoms with Crippen LogP contribution >= 0.6 is 0 Å². The molecule has 3 rings (SSSR count). The van der Waals surface area contributed by atoms with E-state index in [9.17, 15) is 14.4 Å². The molecule has 27 heavy (non-hydrogen) atoms. The number of nitrogens with zero attached hydrogens (tertiary/aromatic N) is 2. The molecule has 0 radical (unpaired) electrons. The van der Waals surface area contributed by atoms with E-state index in [1.165, 1.54) is 12.0 Å². The molecule has 2 N–H and O–H groups in total. The minimum absolute atomic E-state index is 0.00694. The molecular formula is C19H25N3O5. The average Bonchev–Trinajstić information content (AvgIpc) is 3.07. The summed E-state index contributed by atoms with van der Waals surface area (Å²) in [6, 6.07) is 8.89. The molecule has 1 aromatic carbocycles. The zero-order chi connectivity index (χ0) is 19.4. The summed E-state index contributed by atoms with van der Waals surface area (Å²) in [4.78, 5) is 41.0. The van der Waals surface area contributed by atoms with E-state index in [1.54, 1.807) is 4.90 Å². The second-order valence-corrected chi connectivity index (χ2v) is 6.87. The highest BCUT2D eigenvalue weighted by Crippen LogP contribution is 2.43. The fourth-order valence-electron chi connectivity index (χ4n) is 4.05. The topological polar surface area (TPSA) is 99.2 Å². The monoisotopic (exact) mass is 375 g/mol. The predicted molar refractivity (Wildman–Crippen MR) is 96.5 cm³/mol. The SMILES string of the molecule is COCC(=O)N1CC(=O)N2[C@H](C[C@@H](C(=O)NCCO)[C@H]2c2ccccc2)C1. The van der Waals surface area contributed by atoms with E-state index < -0.39 is 5.92 Å². The van der Waals surface area contributed by atoms with Gasteiger partial charge in [-0.1, -0.05) is 30.3 Å². The molecule has 2 aliphatic rings. The molecule has 146 valence electrons. The standard InChI is InChI=1S/C19H25N3O5/c1-27-12-17(25)21-10-14-9-15(19(26)20-7-8-23)18(22(14)16(24)11-21)13-5-3-2-4-6-13/h2-6,14-15,18,23H,7-12H2,1H3,(H,20,26)/t14-,15-,18-/m1/s1. The smallest absolute Gasteiger partial charge is 0.249 e. The lowest BCUT2D eigenvalue weighted by molar-refractivity contribution is -0.150. The molecule has 0 aliphatic carbocycles. The molecule has 0 unspecified atom stereocenters. The lowest BCUT2D eigenvalue weighted by Gasteiger charge is -2.40. The number of ether oxygens (including phenoxy) is 1. The summed E-state index contributed by atoms with van der Waals surface area (Å²) in [6.07, 6.45) is 0.472. The van der Waals surface area contributed by atoms with Crippen molar-refractivity contribution in [1.29, 1.82) is 0 Å². The lowest BCUT2D eigenvalue weighted by atomic mass is 9.92. The van der Waals surface area contributed by atoms with E-state index >= 15 is 0 Å². The van der Waals surface area contributed by atoms with Gasteiger partial charge in [0, 0.05) is 20.2 Å². The second kappa shape index (κ2) is 8.49. The molecule has 2 fully saturated rings. The zero-order valence-corrected chi connectivity index (χ0v) is 15.3. The Bertz CT molecular complexity index is 696. The van der Waals surface area contributed by atoms with Gasteiger partial charge in [0.2, 0.25) is 17.7 Å². The Labute approximate surface area is 158 Å². The van der Waals surface area contributed by atoms with Crippen LogP contribution in [0.5, 0.6) is 0 Å². The number of aliphatic hydroxyl groups excluding tert-OH is 1. The number of nitrogens with one attached hydrogen (secondary N) is 1. The predicted octanol–water partition coefficient (Wildman–Crippen LogP) is -0.458. The Balaban J connectivity index is 1.87. The average molecular weight is 375 g/mol. The van der Waals surface area contributed by atoms with Crippen molar-refractivity contribution in [2.75, 3.05) is 40.0 Å². The summed E-state index contributed by atoms with van der Waals surface area (Å²) >= 11 is 0. The Kier molecular flexibility index (Phi) is 6.08. The molecule has 0 spiro atoms. The number of piperazine rings is 1. The first-order valence-electron chi connectivity index (χ1n) is 9.08. The van der Waals surface area contributed by atoms with Crippen molar-refractivity contribution in [2.24, 2.45) is 5.92 Å². The van der Waals surface area contributed by atoms with Gasteiger partial charge in [-0.3, -0.25) is 14.4 Å². The molecule has 0 aromatic heterocycles. The fourth-order valence-corrected chi connectivity index (χ4v) is 4.05. The van der Waals surface area contributed by atoms with E-state index in [2.05, 4.69) is 5.32 Å². The van der Waals surface area contributed by atoms with Crippen molar-refractivity contribution in [3.05, 3.63) is 35.9 Å². The molecule has 3 atom stereocenters. The molecule has 0 saturated carbocycles. The van der Waals surface area contributed by atoms with Crippen LogP contribution in [0, 0.1) is 5.92 Å². The highest BCUT2D eigenvalue weighted by atomic mass is 16.5. The Morgan fingerprint density at radius 1 is 1.30 bits per heavy atom. The summed E-state index contributed by atoms with van der Waals surface area (Å²) < 4.78 is 4.89. The minimum Gasteiger partial charge on any atom is -0.395 e. The third kappa shape index (κ3) is 3.96. The van der Waals surface area contributed by atoms with Gasteiger partial charge in [-0.15, -0.1) is 0 Å². The van der Waals surface area contributed by atoms with Crippen LogP contribution in [0.2, 0.25) is 0 Å². The molecular weight excluding hydrogens is 350 g/mol. The first-order chi connectivity index (χ1) is 13.1. The van der Waals surface area contributed by atoms with Gasteiger partial charge in [0.25, 0.3) is 0 Å². The van der Waals surface area contributed by atoms with Crippen LogP contribution in [0.25, 0.3) is 0 Å². The van der Waals surface area contributed by atoms with Crippen molar-refractivity contribution in [3.63, 3.8) is 0 Å². The molecule has 2 saturated heterocycles. The number of carbonyl (C=O) groups is 3. The molecule has 8 heteroatoms. The molecule has 0 bridgehead atoms. The summed E-state index contributed by atoms with van der Waals surface area (Å²) in [5.41, 5.74) is 0.897. The molecule has 1 aromatic rings. The number of amides is 3. The maximum absolute atomic E-state index is 12.9. The van der Waals surface area contributed by atoms with Crippen LogP contribution in [-0.4, -0.2) is 78.6 Å². The first kappa shape index (κ1) is 19.3. The van der Waals surface area contributed by atoms with E-state index in [4.69, 9.17) is 9.84 Å². The number of carbonyl (C=O) groups excluding carboxylic acids is 3.